The molecule has 3 heteroatoms. The van der Waals surface area contributed by atoms with Crippen molar-refractivity contribution in [2.45, 2.75) is 45.1 Å². The summed E-state index contributed by atoms with van der Waals surface area (Å²) < 4.78 is 5.48. The van der Waals surface area contributed by atoms with Crippen LogP contribution in [-0.2, 0) is 11.2 Å². The van der Waals surface area contributed by atoms with Crippen molar-refractivity contribution in [3.05, 3.63) is 35.9 Å². The fourth-order valence-corrected chi connectivity index (χ4v) is 1.98. The van der Waals surface area contributed by atoms with Gasteiger partial charge in [0.2, 0.25) is 0 Å². The van der Waals surface area contributed by atoms with Gasteiger partial charge in [0.1, 0.15) is 0 Å². The zero-order chi connectivity index (χ0) is 13.1. The van der Waals surface area contributed by atoms with Gasteiger partial charge < -0.3 is 4.74 Å². The van der Waals surface area contributed by atoms with E-state index in [2.05, 4.69) is 42.7 Å². The maximum atomic E-state index is 5.56. The minimum Gasteiger partial charge on any atom is -0.381 e. The van der Waals surface area contributed by atoms with Crippen LogP contribution < -0.4 is 11.3 Å². The van der Waals surface area contributed by atoms with Crippen LogP contribution in [0.2, 0.25) is 0 Å². The van der Waals surface area contributed by atoms with E-state index in [1.807, 2.05) is 0 Å². The summed E-state index contributed by atoms with van der Waals surface area (Å²) in [5.74, 6) is 5.56. The van der Waals surface area contributed by atoms with Crippen molar-refractivity contribution in [3.8, 4) is 0 Å². The molecule has 18 heavy (non-hydrogen) atoms. The molecule has 1 atom stereocenters. The molecule has 0 aliphatic carbocycles. The molecular formula is C15H26N2O. The molecule has 3 nitrogen and oxygen atoms in total. The van der Waals surface area contributed by atoms with Crippen LogP contribution in [0.15, 0.2) is 30.3 Å². The van der Waals surface area contributed by atoms with E-state index in [4.69, 9.17) is 10.6 Å². The normalized spacial score (nSPS) is 12.6. The Balaban J connectivity index is 2.11. The van der Waals surface area contributed by atoms with Gasteiger partial charge in [-0.2, -0.15) is 0 Å². The first-order chi connectivity index (χ1) is 8.86. The Bertz CT molecular complexity index is 290. The number of hydrazine groups is 1. The van der Waals surface area contributed by atoms with Crippen LogP contribution in [0.4, 0.5) is 0 Å². The maximum absolute atomic E-state index is 5.56. The number of nitrogens with two attached hydrogens (primary N) is 1. The minimum atomic E-state index is 0.366. The Hall–Kier alpha value is -0.900. The van der Waals surface area contributed by atoms with Crippen molar-refractivity contribution in [2.75, 3.05) is 13.2 Å². The van der Waals surface area contributed by atoms with E-state index >= 15 is 0 Å². The van der Waals surface area contributed by atoms with E-state index in [9.17, 15) is 0 Å². The molecule has 0 aromatic heterocycles. The summed E-state index contributed by atoms with van der Waals surface area (Å²) in [6.45, 7) is 3.77. The van der Waals surface area contributed by atoms with Gasteiger partial charge in [0, 0.05) is 19.3 Å². The first kappa shape index (κ1) is 15.2. The molecular weight excluding hydrogens is 224 g/mol. The molecule has 0 saturated carbocycles. The van der Waals surface area contributed by atoms with E-state index in [0.29, 0.717) is 6.04 Å². The summed E-state index contributed by atoms with van der Waals surface area (Å²) in [4.78, 5) is 0. The second-order valence-corrected chi connectivity index (χ2v) is 4.64. The van der Waals surface area contributed by atoms with Gasteiger partial charge in [-0.1, -0.05) is 37.3 Å². The number of nitrogens with one attached hydrogen (secondary N) is 1. The van der Waals surface area contributed by atoms with Crippen LogP contribution in [0, 0.1) is 0 Å². The molecule has 0 fully saturated rings. The molecule has 0 aliphatic heterocycles. The lowest BCUT2D eigenvalue weighted by atomic mass is 10.0. The Morgan fingerprint density at radius 1 is 1.17 bits per heavy atom. The Kier molecular flexibility index (Phi) is 8.47. The van der Waals surface area contributed by atoms with Crippen molar-refractivity contribution in [1.82, 2.24) is 5.43 Å². The van der Waals surface area contributed by atoms with Crippen LogP contribution in [-0.4, -0.2) is 19.3 Å². The van der Waals surface area contributed by atoms with Gasteiger partial charge in [0.15, 0.2) is 0 Å². The topological polar surface area (TPSA) is 47.3 Å². The van der Waals surface area contributed by atoms with Crippen molar-refractivity contribution in [1.29, 1.82) is 0 Å². The lowest BCUT2D eigenvalue weighted by Gasteiger charge is -2.15. The highest BCUT2D eigenvalue weighted by Crippen LogP contribution is 2.08. The molecule has 0 spiro atoms. The van der Waals surface area contributed by atoms with Gasteiger partial charge in [-0.15, -0.1) is 0 Å². The molecule has 0 amide bonds. The molecule has 1 rings (SSSR count). The molecule has 3 N–H and O–H groups in total. The number of ether oxygens (including phenoxy) is 1. The molecule has 0 saturated heterocycles. The van der Waals surface area contributed by atoms with Gasteiger partial charge >= 0.3 is 0 Å². The summed E-state index contributed by atoms with van der Waals surface area (Å²) in [6.07, 6.45) is 5.45. The van der Waals surface area contributed by atoms with E-state index in [-0.39, 0.29) is 0 Å². The van der Waals surface area contributed by atoms with E-state index in [1.165, 1.54) is 5.56 Å². The SMILES string of the molecule is CCCOCCC(CCCc1ccccc1)NN. The molecule has 1 aromatic carbocycles. The van der Waals surface area contributed by atoms with Crippen molar-refractivity contribution < 1.29 is 4.74 Å². The average molecular weight is 250 g/mol. The first-order valence-electron chi connectivity index (χ1n) is 6.94. The summed E-state index contributed by atoms with van der Waals surface area (Å²) in [7, 11) is 0. The van der Waals surface area contributed by atoms with Gasteiger partial charge in [-0.05, 0) is 37.7 Å². The van der Waals surface area contributed by atoms with Crippen molar-refractivity contribution in [3.63, 3.8) is 0 Å². The summed E-state index contributed by atoms with van der Waals surface area (Å²) in [6, 6.07) is 11.0. The lowest BCUT2D eigenvalue weighted by Crippen LogP contribution is -2.36. The predicted octanol–water partition coefficient (Wildman–Crippen LogP) is 2.66. The molecule has 1 unspecified atom stereocenters. The Morgan fingerprint density at radius 2 is 1.94 bits per heavy atom. The lowest BCUT2D eigenvalue weighted by molar-refractivity contribution is 0.123. The molecule has 1 aromatic rings. The van der Waals surface area contributed by atoms with Crippen LogP contribution in [0.5, 0.6) is 0 Å². The third-order valence-corrected chi connectivity index (χ3v) is 3.06. The highest BCUT2D eigenvalue weighted by Gasteiger charge is 2.06. The summed E-state index contributed by atoms with van der Waals surface area (Å²) >= 11 is 0. The minimum absolute atomic E-state index is 0.366. The van der Waals surface area contributed by atoms with Crippen molar-refractivity contribution in [2.24, 2.45) is 5.84 Å². The monoisotopic (exact) mass is 250 g/mol. The van der Waals surface area contributed by atoms with E-state index < -0.39 is 0 Å². The molecule has 0 bridgehead atoms. The van der Waals surface area contributed by atoms with Gasteiger partial charge in [0.05, 0.1) is 0 Å². The molecule has 0 radical (unpaired) electrons. The largest absolute Gasteiger partial charge is 0.381 e. The summed E-state index contributed by atoms with van der Waals surface area (Å²) in [5, 5.41) is 0. The highest BCUT2D eigenvalue weighted by atomic mass is 16.5. The molecule has 0 aliphatic rings. The fraction of sp³-hybridized carbons (Fsp3) is 0.600. The predicted molar refractivity (Wildman–Crippen MR) is 76.2 cm³/mol. The van der Waals surface area contributed by atoms with Gasteiger partial charge in [-0.25, -0.2) is 0 Å². The number of hydrogen-bond donors (Lipinski definition) is 2. The number of aryl methyl sites for hydroxylation is 1. The van der Waals surface area contributed by atoms with E-state index in [0.717, 1.165) is 45.3 Å². The zero-order valence-electron chi connectivity index (χ0n) is 11.4. The average Bonchev–Trinajstić information content (AvgIpc) is 2.42. The number of rotatable bonds is 10. The second kappa shape index (κ2) is 10.1. The second-order valence-electron chi connectivity index (χ2n) is 4.64. The summed E-state index contributed by atoms with van der Waals surface area (Å²) in [5.41, 5.74) is 4.28. The van der Waals surface area contributed by atoms with Crippen LogP contribution in [0.3, 0.4) is 0 Å². The first-order valence-corrected chi connectivity index (χ1v) is 6.94. The Labute approximate surface area is 111 Å². The third kappa shape index (κ3) is 6.74. The van der Waals surface area contributed by atoms with Crippen molar-refractivity contribution >= 4 is 0 Å². The Morgan fingerprint density at radius 3 is 2.61 bits per heavy atom. The quantitative estimate of drug-likeness (QED) is 0.381. The van der Waals surface area contributed by atoms with Crippen LogP contribution in [0.1, 0.15) is 38.2 Å². The fourth-order valence-electron chi connectivity index (χ4n) is 1.98. The van der Waals surface area contributed by atoms with Gasteiger partial charge in [-0.3, -0.25) is 11.3 Å². The zero-order valence-corrected chi connectivity index (χ0v) is 11.4. The smallest absolute Gasteiger partial charge is 0.0481 e. The molecule has 0 heterocycles. The standard InChI is InChI=1S/C15H26N2O/c1-2-12-18-13-11-15(17-16)10-6-9-14-7-4-3-5-8-14/h3-5,7-8,15,17H,2,6,9-13,16H2,1H3. The highest BCUT2D eigenvalue weighted by molar-refractivity contribution is 5.14. The maximum Gasteiger partial charge on any atom is 0.0481 e. The van der Waals surface area contributed by atoms with Gasteiger partial charge in [0.25, 0.3) is 0 Å². The van der Waals surface area contributed by atoms with Crippen LogP contribution in [0.25, 0.3) is 0 Å². The molecule has 102 valence electrons. The number of benzene rings is 1. The number of hydrogen-bond acceptors (Lipinski definition) is 3. The van der Waals surface area contributed by atoms with Crippen LogP contribution >= 0.6 is 0 Å². The third-order valence-electron chi connectivity index (χ3n) is 3.06. The van der Waals surface area contributed by atoms with E-state index in [1.54, 1.807) is 0 Å².